The average molecular weight is 361 g/mol. The molecule has 5 nitrogen and oxygen atoms in total. The molecule has 0 radical (unpaired) electrons. The second-order valence-corrected chi connectivity index (χ2v) is 7.40. The lowest BCUT2D eigenvalue weighted by atomic mass is 9.99. The van der Waals surface area contributed by atoms with E-state index >= 15 is 0 Å². The number of nitrogens with zero attached hydrogens (tertiary/aromatic N) is 3. The summed E-state index contributed by atoms with van der Waals surface area (Å²) >= 11 is 0. The lowest BCUT2D eigenvalue weighted by molar-refractivity contribution is -0.131. The minimum absolute atomic E-state index is 0.0214. The number of piperazine rings is 1. The summed E-state index contributed by atoms with van der Waals surface area (Å²) in [7, 11) is 0. The van der Waals surface area contributed by atoms with Crippen LogP contribution in [0.3, 0.4) is 0 Å². The minimum Gasteiger partial charge on any atom is -0.390 e. The molecule has 6 heteroatoms. The van der Waals surface area contributed by atoms with Crippen LogP contribution in [0.5, 0.6) is 0 Å². The van der Waals surface area contributed by atoms with Gasteiger partial charge in [0.05, 0.1) is 11.8 Å². The van der Waals surface area contributed by atoms with Crippen LogP contribution in [0.1, 0.15) is 20.3 Å². The highest BCUT2D eigenvalue weighted by Gasteiger charge is 2.35. The number of anilines is 1. The van der Waals surface area contributed by atoms with Crippen LogP contribution in [0.2, 0.25) is 0 Å². The van der Waals surface area contributed by atoms with E-state index in [1.54, 1.807) is 17.0 Å². The van der Waals surface area contributed by atoms with E-state index in [-0.39, 0.29) is 17.8 Å². The highest BCUT2D eigenvalue weighted by molar-refractivity contribution is 5.88. The van der Waals surface area contributed by atoms with Gasteiger partial charge in [-0.25, -0.2) is 4.39 Å². The van der Waals surface area contributed by atoms with E-state index in [1.807, 2.05) is 26.0 Å². The monoisotopic (exact) mass is 361 g/mol. The molecule has 2 aliphatic rings. The number of carbonyl (C=O) groups is 1. The topological polar surface area (TPSA) is 47.0 Å². The molecule has 2 atom stereocenters. The van der Waals surface area contributed by atoms with Crippen molar-refractivity contribution in [2.24, 2.45) is 0 Å². The number of hydrogen-bond donors (Lipinski definition) is 1. The van der Waals surface area contributed by atoms with Crippen molar-refractivity contribution in [1.82, 2.24) is 9.80 Å². The van der Waals surface area contributed by atoms with E-state index in [1.165, 1.54) is 6.07 Å². The van der Waals surface area contributed by atoms with Gasteiger partial charge in [0.15, 0.2) is 0 Å². The number of piperidine rings is 1. The summed E-state index contributed by atoms with van der Waals surface area (Å²) in [6.07, 6.45) is 1.85. The number of benzene rings is 1. The molecule has 1 amide bonds. The van der Waals surface area contributed by atoms with Gasteiger partial charge in [0.25, 0.3) is 0 Å². The maximum atomic E-state index is 14.0. The van der Waals surface area contributed by atoms with Crippen molar-refractivity contribution in [3.8, 4) is 0 Å². The van der Waals surface area contributed by atoms with Gasteiger partial charge in [0.2, 0.25) is 5.91 Å². The number of rotatable bonds is 3. The van der Waals surface area contributed by atoms with Gasteiger partial charge >= 0.3 is 0 Å². The second-order valence-electron chi connectivity index (χ2n) is 7.40. The number of hydrogen-bond acceptors (Lipinski definition) is 4. The van der Waals surface area contributed by atoms with Crippen LogP contribution >= 0.6 is 0 Å². The fourth-order valence-electron chi connectivity index (χ4n) is 3.89. The molecule has 26 heavy (non-hydrogen) atoms. The Morgan fingerprint density at radius 1 is 1.15 bits per heavy atom. The first-order valence-corrected chi connectivity index (χ1v) is 9.31. The summed E-state index contributed by atoms with van der Waals surface area (Å²) < 4.78 is 14.0. The summed E-state index contributed by atoms with van der Waals surface area (Å²) in [4.78, 5) is 18.2. The van der Waals surface area contributed by atoms with Gasteiger partial charge in [0, 0.05) is 51.4 Å². The number of amides is 1. The van der Waals surface area contributed by atoms with E-state index in [9.17, 15) is 14.3 Å². The zero-order valence-corrected chi connectivity index (χ0v) is 15.6. The van der Waals surface area contributed by atoms with E-state index in [4.69, 9.17) is 0 Å². The number of allylic oxidation sites excluding steroid dienone is 1. The lowest BCUT2D eigenvalue weighted by Crippen LogP contribution is -2.59. The Hall–Kier alpha value is -1.92. The summed E-state index contributed by atoms with van der Waals surface area (Å²) in [5.74, 6) is -0.209. The van der Waals surface area contributed by atoms with Gasteiger partial charge in [-0.05, 0) is 32.4 Å². The van der Waals surface area contributed by atoms with Crippen LogP contribution < -0.4 is 4.90 Å². The molecule has 0 aliphatic carbocycles. The van der Waals surface area contributed by atoms with Crippen LogP contribution in [0.15, 0.2) is 35.9 Å². The number of β-amino-alcohol motifs (C(OH)–C–C–N with tert-alkyl or cyclic N) is 1. The summed E-state index contributed by atoms with van der Waals surface area (Å²) in [6.45, 7) is 7.90. The second kappa shape index (κ2) is 8.18. The number of para-hydroxylation sites is 1. The van der Waals surface area contributed by atoms with Crippen molar-refractivity contribution in [1.29, 1.82) is 0 Å². The molecule has 2 aliphatic heterocycles. The van der Waals surface area contributed by atoms with Gasteiger partial charge in [-0.1, -0.05) is 17.7 Å². The van der Waals surface area contributed by atoms with Gasteiger partial charge in [-0.15, -0.1) is 0 Å². The standard InChI is InChI=1S/C20H28FN3O2/c1-15(2)13-20(26)24-8-7-18(19(25)14-24)23-11-9-22(10-12-23)17-6-4-3-5-16(17)21/h3-6,13,18-19,25H,7-12,14H2,1-2H3/t18-,19-/m1/s1. The Bertz CT molecular complexity index is 667. The minimum atomic E-state index is -0.543. The molecule has 0 saturated carbocycles. The van der Waals surface area contributed by atoms with Crippen LogP contribution in [-0.2, 0) is 4.79 Å². The van der Waals surface area contributed by atoms with Gasteiger partial charge < -0.3 is 14.9 Å². The molecule has 1 aromatic rings. The largest absolute Gasteiger partial charge is 0.390 e. The number of halogens is 1. The molecule has 0 spiro atoms. The van der Waals surface area contributed by atoms with Crippen molar-refractivity contribution in [2.75, 3.05) is 44.2 Å². The third-order valence-corrected chi connectivity index (χ3v) is 5.25. The molecule has 1 N–H and O–H groups in total. The zero-order chi connectivity index (χ0) is 18.7. The molecule has 0 aromatic heterocycles. The molecule has 3 rings (SSSR count). The molecule has 1 aromatic carbocycles. The van der Waals surface area contributed by atoms with Crippen LogP contribution in [-0.4, -0.2) is 72.2 Å². The Balaban J connectivity index is 1.55. The van der Waals surface area contributed by atoms with Crippen molar-refractivity contribution in [2.45, 2.75) is 32.4 Å². The Morgan fingerprint density at radius 3 is 2.46 bits per heavy atom. The normalized spacial score (nSPS) is 24.5. The van der Waals surface area contributed by atoms with E-state index in [2.05, 4.69) is 9.80 Å². The van der Waals surface area contributed by atoms with Crippen molar-refractivity contribution < 1.29 is 14.3 Å². The molecule has 0 unspecified atom stereocenters. The molecule has 2 saturated heterocycles. The molecular weight excluding hydrogens is 333 g/mol. The van der Waals surface area contributed by atoms with Crippen LogP contribution in [0, 0.1) is 5.82 Å². The first-order valence-electron chi connectivity index (χ1n) is 9.31. The van der Waals surface area contributed by atoms with E-state index in [0.717, 1.165) is 38.2 Å². The van der Waals surface area contributed by atoms with Crippen LogP contribution in [0.4, 0.5) is 10.1 Å². The molecule has 0 bridgehead atoms. The SMILES string of the molecule is CC(C)=CC(=O)N1CC[C@@H](N2CCN(c3ccccc3F)CC2)[C@H](O)C1. The predicted molar refractivity (Wildman–Crippen MR) is 101 cm³/mol. The number of aliphatic hydroxyl groups is 1. The lowest BCUT2D eigenvalue weighted by Gasteiger charge is -2.45. The summed E-state index contributed by atoms with van der Waals surface area (Å²) in [5.41, 5.74) is 1.62. The number of carbonyl (C=O) groups excluding carboxylic acids is 1. The average Bonchev–Trinajstić information content (AvgIpc) is 2.62. The Labute approximate surface area is 154 Å². The number of aliphatic hydroxyl groups excluding tert-OH is 1. The Kier molecular flexibility index (Phi) is 5.94. The third-order valence-electron chi connectivity index (χ3n) is 5.25. The molecule has 2 heterocycles. The summed E-state index contributed by atoms with van der Waals surface area (Å²) in [5, 5.41) is 10.6. The fourth-order valence-corrected chi connectivity index (χ4v) is 3.89. The van der Waals surface area contributed by atoms with Crippen molar-refractivity contribution >= 4 is 11.6 Å². The van der Waals surface area contributed by atoms with Crippen molar-refractivity contribution in [3.63, 3.8) is 0 Å². The van der Waals surface area contributed by atoms with Gasteiger partial charge in [-0.2, -0.15) is 0 Å². The summed E-state index contributed by atoms with van der Waals surface area (Å²) in [6, 6.07) is 6.93. The van der Waals surface area contributed by atoms with Gasteiger partial charge in [-0.3, -0.25) is 9.69 Å². The van der Waals surface area contributed by atoms with E-state index in [0.29, 0.717) is 18.8 Å². The quantitative estimate of drug-likeness (QED) is 0.835. The molecule has 2 fully saturated rings. The number of likely N-dealkylation sites (tertiary alicyclic amines) is 1. The maximum Gasteiger partial charge on any atom is 0.246 e. The first-order chi connectivity index (χ1) is 12.5. The smallest absolute Gasteiger partial charge is 0.246 e. The molecule has 142 valence electrons. The molecular formula is C20H28FN3O2. The third kappa shape index (κ3) is 4.24. The van der Waals surface area contributed by atoms with E-state index < -0.39 is 6.10 Å². The van der Waals surface area contributed by atoms with Crippen LogP contribution in [0.25, 0.3) is 0 Å². The van der Waals surface area contributed by atoms with Crippen molar-refractivity contribution in [3.05, 3.63) is 41.7 Å². The predicted octanol–water partition coefficient (Wildman–Crippen LogP) is 1.88. The zero-order valence-electron chi connectivity index (χ0n) is 15.6. The Morgan fingerprint density at radius 2 is 1.85 bits per heavy atom. The maximum absolute atomic E-state index is 14.0. The fraction of sp³-hybridized carbons (Fsp3) is 0.550. The van der Waals surface area contributed by atoms with Gasteiger partial charge in [0.1, 0.15) is 5.82 Å². The first kappa shape index (κ1) is 18.9. The highest BCUT2D eigenvalue weighted by atomic mass is 19.1. The highest BCUT2D eigenvalue weighted by Crippen LogP contribution is 2.23.